The van der Waals surface area contributed by atoms with E-state index in [0.717, 1.165) is 0 Å². The van der Waals surface area contributed by atoms with Crippen LogP contribution in [0.1, 0.15) is 31.5 Å². The Kier molecular flexibility index (Phi) is 11.4. The summed E-state index contributed by atoms with van der Waals surface area (Å²) in [5, 5.41) is 26.9. The van der Waals surface area contributed by atoms with Gasteiger partial charge in [0, 0.05) is 30.5 Å². The van der Waals surface area contributed by atoms with Crippen molar-refractivity contribution < 1.29 is 29.4 Å². The summed E-state index contributed by atoms with van der Waals surface area (Å²) in [6.07, 6.45) is 3.47. The maximum Gasteiger partial charge on any atom is 0.326 e. The highest BCUT2D eigenvalue weighted by Crippen LogP contribution is 2.13. The molecule has 1 aromatic carbocycles. The van der Waals surface area contributed by atoms with E-state index in [1.165, 1.54) is 24.7 Å². The molecule has 3 amide bonds. The number of aromatic hydroxyl groups is 1. The number of carbonyl (C=O) groups is 4. The molecule has 5 unspecified atom stereocenters. The highest BCUT2D eigenvalue weighted by molar-refractivity contribution is 7.80. The van der Waals surface area contributed by atoms with Crippen LogP contribution in [-0.4, -0.2) is 73.8 Å². The molecule has 5 atom stereocenters. The summed E-state index contributed by atoms with van der Waals surface area (Å²) in [6.45, 7) is 3.51. The molecule has 0 bridgehead atoms. The Bertz CT molecular complexity index is 1050. The van der Waals surface area contributed by atoms with Crippen LogP contribution in [0.25, 0.3) is 0 Å². The molecule has 37 heavy (non-hydrogen) atoms. The van der Waals surface area contributed by atoms with E-state index >= 15 is 0 Å². The zero-order valence-corrected chi connectivity index (χ0v) is 21.6. The van der Waals surface area contributed by atoms with Crippen LogP contribution in [0.15, 0.2) is 36.8 Å². The molecule has 1 aromatic heterocycles. The number of aromatic nitrogens is 2. The van der Waals surface area contributed by atoms with Gasteiger partial charge in [0.1, 0.15) is 23.9 Å². The third kappa shape index (κ3) is 9.10. The Morgan fingerprint density at radius 3 is 2.16 bits per heavy atom. The monoisotopic (exact) mass is 534 g/mol. The van der Waals surface area contributed by atoms with Crippen molar-refractivity contribution >= 4 is 36.3 Å². The van der Waals surface area contributed by atoms with Crippen molar-refractivity contribution in [3.05, 3.63) is 48.0 Å². The summed E-state index contributed by atoms with van der Waals surface area (Å²) >= 11 is 4.01. The van der Waals surface area contributed by atoms with Gasteiger partial charge >= 0.3 is 5.97 Å². The minimum Gasteiger partial charge on any atom is -0.508 e. The zero-order chi connectivity index (χ0) is 27.5. The van der Waals surface area contributed by atoms with Gasteiger partial charge < -0.3 is 36.9 Å². The molecule has 0 aliphatic heterocycles. The minimum absolute atomic E-state index is 0.00553. The van der Waals surface area contributed by atoms with Gasteiger partial charge in [0.25, 0.3) is 0 Å². The number of carboxylic acids is 1. The Morgan fingerprint density at radius 2 is 1.62 bits per heavy atom. The first-order valence-corrected chi connectivity index (χ1v) is 12.4. The number of benzene rings is 1. The molecular formula is C24H34N6O6S. The average molecular weight is 535 g/mol. The fraction of sp³-hybridized carbons (Fsp3) is 0.458. The number of carbonyl (C=O) groups excluding carboxylic acids is 3. The minimum atomic E-state index is -1.19. The number of aromatic amines is 1. The number of nitrogens with two attached hydrogens (primary N) is 1. The number of nitrogens with one attached hydrogen (secondary N) is 4. The maximum atomic E-state index is 13.3. The molecule has 0 aliphatic rings. The molecule has 0 fully saturated rings. The Balaban J connectivity index is 2.30. The number of amides is 3. The highest BCUT2D eigenvalue weighted by atomic mass is 32.1. The number of hydrogen-bond acceptors (Lipinski definition) is 8. The van der Waals surface area contributed by atoms with Crippen LogP contribution in [0.4, 0.5) is 0 Å². The van der Waals surface area contributed by atoms with Crippen LogP contribution in [-0.2, 0) is 32.0 Å². The fourth-order valence-electron chi connectivity index (χ4n) is 3.47. The van der Waals surface area contributed by atoms with Crippen molar-refractivity contribution in [2.75, 3.05) is 5.75 Å². The molecule has 0 aliphatic carbocycles. The van der Waals surface area contributed by atoms with Crippen LogP contribution < -0.4 is 21.7 Å². The number of hydrogen-bond donors (Lipinski definition) is 8. The first kappa shape index (κ1) is 29.6. The zero-order valence-electron chi connectivity index (χ0n) is 20.7. The van der Waals surface area contributed by atoms with Gasteiger partial charge in [-0.2, -0.15) is 12.6 Å². The summed E-state index contributed by atoms with van der Waals surface area (Å²) in [7, 11) is 0. The van der Waals surface area contributed by atoms with Gasteiger partial charge in [0.15, 0.2) is 0 Å². The largest absolute Gasteiger partial charge is 0.508 e. The summed E-state index contributed by atoms with van der Waals surface area (Å²) in [5.74, 6) is -3.45. The Labute approximate surface area is 220 Å². The van der Waals surface area contributed by atoms with E-state index in [-0.39, 0.29) is 30.3 Å². The third-order valence-electron chi connectivity index (χ3n) is 5.93. The van der Waals surface area contributed by atoms with Crippen molar-refractivity contribution in [1.82, 2.24) is 25.9 Å². The molecule has 202 valence electrons. The van der Waals surface area contributed by atoms with E-state index in [9.17, 15) is 29.4 Å². The summed E-state index contributed by atoms with van der Waals surface area (Å²) in [6, 6.07) is 1.63. The van der Waals surface area contributed by atoms with E-state index in [0.29, 0.717) is 17.7 Å². The normalized spacial score (nSPS) is 15.0. The van der Waals surface area contributed by atoms with Gasteiger partial charge in [-0.1, -0.05) is 32.4 Å². The van der Waals surface area contributed by atoms with E-state index in [1.54, 1.807) is 26.0 Å². The number of thiol groups is 1. The number of aliphatic carboxylic acids is 1. The van der Waals surface area contributed by atoms with E-state index in [4.69, 9.17) is 5.73 Å². The molecule has 13 heteroatoms. The first-order valence-electron chi connectivity index (χ1n) is 11.8. The molecule has 0 saturated heterocycles. The van der Waals surface area contributed by atoms with Crippen LogP contribution in [0.2, 0.25) is 0 Å². The number of phenols is 1. The lowest BCUT2D eigenvalue weighted by Crippen LogP contribution is -2.58. The van der Waals surface area contributed by atoms with Crippen molar-refractivity contribution in [3.63, 3.8) is 0 Å². The summed E-state index contributed by atoms with van der Waals surface area (Å²) in [5.41, 5.74) is 6.91. The fourth-order valence-corrected chi connectivity index (χ4v) is 3.64. The maximum absolute atomic E-state index is 13.3. The predicted octanol–water partition coefficient (Wildman–Crippen LogP) is -0.257. The lowest BCUT2D eigenvalue weighted by Gasteiger charge is -2.26. The van der Waals surface area contributed by atoms with Gasteiger partial charge in [0.05, 0.1) is 12.4 Å². The first-order chi connectivity index (χ1) is 17.5. The van der Waals surface area contributed by atoms with Gasteiger partial charge in [-0.3, -0.25) is 14.4 Å². The van der Waals surface area contributed by atoms with E-state index < -0.39 is 47.9 Å². The highest BCUT2D eigenvalue weighted by Gasteiger charge is 2.32. The second kappa shape index (κ2) is 14.2. The molecule has 8 N–H and O–H groups in total. The van der Waals surface area contributed by atoms with Crippen LogP contribution >= 0.6 is 12.6 Å². The molecule has 2 rings (SSSR count). The Hall–Kier alpha value is -3.58. The molecule has 0 spiro atoms. The molecule has 0 radical (unpaired) electrons. The third-order valence-corrected chi connectivity index (χ3v) is 6.32. The number of nitrogens with zero attached hydrogens (tertiary/aromatic N) is 1. The molecule has 2 aromatic rings. The standard InChI is InChI=1S/C24H34N6O6S/c1-3-13(2)20(24(35)36)30-23(34)18(8-14-4-6-16(31)7-5-14)29-22(33)19(9-15-10-26-12-27-15)28-21(32)17(25)11-37/h4-7,10,12-13,17-20,31,37H,3,8-9,11,25H2,1-2H3,(H,26,27)(H,28,32)(H,29,33)(H,30,34)(H,35,36). The number of imidazole rings is 1. The van der Waals surface area contributed by atoms with E-state index in [1.807, 2.05) is 0 Å². The molecule has 0 saturated carbocycles. The Morgan fingerprint density at radius 1 is 1.03 bits per heavy atom. The van der Waals surface area contributed by atoms with E-state index in [2.05, 4.69) is 38.5 Å². The van der Waals surface area contributed by atoms with Gasteiger partial charge in [0.2, 0.25) is 17.7 Å². The van der Waals surface area contributed by atoms with Gasteiger partial charge in [-0.05, 0) is 23.6 Å². The van der Waals surface area contributed by atoms with Crippen molar-refractivity contribution in [1.29, 1.82) is 0 Å². The average Bonchev–Trinajstić information content (AvgIpc) is 3.39. The molecular weight excluding hydrogens is 500 g/mol. The van der Waals surface area contributed by atoms with Crippen LogP contribution in [0.5, 0.6) is 5.75 Å². The number of rotatable bonds is 14. The number of carboxylic acid groups (broad SMARTS) is 1. The summed E-state index contributed by atoms with van der Waals surface area (Å²) in [4.78, 5) is 57.5. The second-order valence-corrected chi connectivity index (χ2v) is 9.14. The SMILES string of the molecule is CCC(C)C(NC(=O)C(Cc1ccc(O)cc1)NC(=O)C(Cc1cnc[nH]1)NC(=O)C(N)CS)C(=O)O. The van der Waals surface area contributed by atoms with Crippen LogP contribution in [0.3, 0.4) is 0 Å². The topological polar surface area (TPSA) is 200 Å². The van der Waals surface area contributed by atoms with Gasteiger partial charge in [-0.15, -0.1) is 0 Å². The predicted molar refractivity (Wildman–Crippen MR) is 139 cm³/mol. The van der Waals surface area contributed by atoms with Crippen molar-refractivity contribution in [2.45, 2.75) is 57.3 Å². The van der Waals surface area contributed by atoms with Crippen molar-refractivity contribution in [2.24, 2.45) is 11.7 Å². The summed E-state index contributed by atoms with van der Waals surface area (Å²) < 4.78 is 0. The van der Waals surface area contributed by atoms with Gasteiger partial charge in [-0.25, -0.2) is 9.78 Å². The smallest absolute Gasteiger partial charge is 0.326 e. The quantitative estimate of drug-likeness (QED) is 0.152. The molecule has 1 heterocycles. The lowest BCUT2D eigenvalue weighted by molar-refractivity contribution is -0.143. The van der Waals surface area contributed by atoms with Crippen LogP contribution in [0, 0.1) is 5.92 Å². The molecule has 12 nitrogen and oxygen atoms in total. The van der Waals surface area contributed by atoms with Crippen molar-refractivity contribution in [3.8, 4) is 5.75 Å². The second-order valence-electron chi connectivity index (χ2n) is 8.77. The number of phenolic OH excluding ortho intramolecular Hbond substituents is 1. The number of H-pyrrole nitrogens is 1. The lowest BCUT2D eigenvalue weighted by atomic mass is 9.98.